The van der Waals surface area contributed by atoms with Crippen LogP contribution in [0.15, 0.2) is 12.1 Å². The standard InChI is InChI=1S/C22H39FNOP/c1-6-9-12-26(13-10-7-2,14-11-8-3)17-21(25)24-22-18(4)15-20(23)16-19(22)5/h15-16,26H,6-14,17H2,1-5H3,(H,24,25). The van der Waals surface area contributed by atoms with Crippen LogP contribution < -0.4 is 5.32 Å². The van der Waals surface area contributed by atoms with Gasteiger partial charge in [0.05, 0.1) is 0 Å². The van der Waals surface area contributed by atoms with Crippen molar-refractivity contribution in [3.8, 4) is 0 Å². The number of anilines is 1. The molecule has 0 radical (unpaired) electrons. The van der Waals surface area contributed by atoms with E-state index in [-0.39, 0.29) is 11.7 Å². The molecule has 0 aliphatic carbocycles. The van der Waals surface area contributed by atoms with Crippen molar-refractivity contribution in [2.24, 2.45) is 0 Å². The molecule has 1 aromatic carbocycles. The van der Waals surface area contributed by atoms with E-state index in [0.717, 1.165) is 16.8 Å². The number of amides is 1. The Kier molecular flexibility index (Phi) is 10.4. The molecule has 0 atom stereocenters. The van der Waals surface area contributed by atoms with E-state index >= 15 is 0 Å². The predicted octanol–water partition coefficient (Wildman–Crippen LogP) is 6.53. The third-order valence-electron chi connectivity index (χ3n) is 5.48. The normalized spacial score (nSPS) is 12.2. The average molecular weight is 384 g/mol. The fraction of sp³-hybridized carbons (Fsp3) is 0.682. The molecule has 1 aromatic rings. The van der Waals surface area contributed by atoms with Crippen LogP contribution in [0, 0.1) is 19.7 Å². The minimum atomic E-state index is -1.61. The third kappa shape index (κ3) is 7.35. The van der Waals surface area contributed by atoms with Gasteiger partial charge in [-0.1, -0.05) is 0 Å². The van der Waals surface area contributed by atoms with Gasteiger partial charge in [0.25, 0.3) is 0 Å². The molecule has 1 rings (SSSR count). The molecule has 0 fully saturated rings. The number of hydrogen-bond donors (Lipinski definition) is 1. The molecule has 150 valence electrons. The zero-order valence-corrected chi connectivity index (χ0v) is 18.5. The molecule has 26 heavy (non-hydrogen) atoms. The first-order valence-electron chi connectivity index (χ1n) is 10.4. The molecular formula is C22H39FNOP. The maximum atomic E-state index is 13.5. The Morgan fingerprint density at radius 2 is 1.35 bits per heavy atom. The quantitative estimate of drug-likeness (QED) is 0.408. The minimum absolute atomic E-state index is 0.137. The van der Waals surface area contributed by atoms with Crippen LogP contribution in [0.25, 0.3) is 0 Å². The van der Waals surface area contributed by atoms with Crippen molar-refractivity contribution in [3.63, 3.8) is 0 Å². The van der Waals surface area contributed by atoms with Crippen LogP contribution >= 0.6 is 7.26 Å². The Morgan fingerprint density at radius 3 is 1.73 bits per heavy atom. The van der Waals surface area contributed by atoms with Gasteiger partial charge in [0.1, 0.15) is 0 Å². The van der Waals surface area contributed by atoms with Gasteiger partial charge in [-0.2, -0.15) is 0 Å². The first-order valence-corrected chi connectivity index (χ1v) is 13.3. The third-order valence-corrected chi connectivity index (χ3v) is 10.8. The van der Waals surface area contributed by atoms with Gasteiger partial charge in [0.15, 0.2) is 0 Å². The molecule has 1 N–H and O–H groups in total. The van der Waals surface area contributed by atoms with E-state index in [2.05, 4.69) is 26.1 Å². The first kappa shape index (κ1) is 23.1. The van der Waals surface area contributed by atoms with Crippen LogP contribution in [0.1, 0.15) is 70.4 Å². The van der Waals surface area contributed by atoms with Crippen molar-refractivity contribution in [1.82, 2.24) is 0 Å². The van der Waals surface area contributed by atoms with Gasteiger partial charge in [0.2, 0.25) is 0 Å². The summed E-state index contributed by atoms with van der Waals surface area (Å²) in [5, 5.41) is 3.12. The number of carbonyl (C=O) groups is 1. The number of nitrogens with one attached hydrogen (secondary N) is 1. The van der Waals surface area contributed by atoms with Crippen molar-refractivity contribution >= 4 is 18.9 Å². The van der Waals surface area contributed by atoms with Crippen molar-refractivity contribution in [1.29, 1.82) is 0 Å². The Morgan fingerprint density at radius 1 is 0.923 bits per heavy atom. The molecule has 1 amide bonds. The summed E-state index contributed by atoms with van der Waals surface area (Å²) in [4.78, 5) is 12.9. The second-order valence-electron chi connectivity index (χ2n) is 7.95. The first-order chi connectivity index (χ1) is 12.4. The summed E-state index contributed by atoms with van der Waals surface area (Å²) < 4.78 is 13.5. The Balaban J connectivity index is 2.95. The van der Waals surface area contributed by atoms with Crippen LogP contribution in [-0.2, 0) is 4.79 Å². The summed E-state index contributed by atoms with van der Waals surface area (Å²) >= 11 is 0. The van der Waals surface area contributed by atoms with Gasteiger partial charge in [-0.05, 0) is 0 Å². The van der Waals surface area contributed by atoms with Crippen LogP contribution in [0.3, 0.4) is 0 Å². The van der Waals surface area contributed by atoms with E-state index in [1.165, 1.54) is 69.1 Å². The number of rotatable bonds is 12. The summed E-state index contributed by atoms with van der Waals surface area (Å²) in [6.07, 6.45) is 11.8. The van der Waals surface area contributed by atoms with Crippen molar-refractivity contribution < 1.29 is 9.18 Å². The van der Waals surface area contributed by atoms with Gasteiger partial charge in [0, 0.05) is 0 Å². The number of carbonyl (C=O) groups excluding carboxylic acids is 1. The average Bonchev–Trinajstić information content (AvgIpc) is 2.59. The molecule has 0 saturated carbocycles. The van der Waals surface area contributed by atoms with Crippen molar-refractivity contribution in [2.45, 2.75) is 73.1 Å². The molecular weight excluding hydrogens is 344 g/mol. The molecule has 0 heterocycles. The van der Waals surface area contributed by atoms with E-state index in [9.17, 15) is 9.18 Å². The summed E-state index contributed by atoms with van der Waals surface area (Å²) in [7, 11) is -1.61. The molecule has 0 unspecified atom stereocenters. The predicted molar refractivity (Wildman–Crippen MR) is 117 cm³/mol. The molecule has 0 aromatic heterocycles. The van der Waals surface area contributed by atoms with Crippen LogP contribution in [0.5, 0.6) is 0 Å². The molecule has 0 spiro atoms. The van der Waals surface area contributed by atoms with Gasteiger partial charge in [-0.25, -0.2) is 0 Å². The van der Waals surface area contributed by atoms with Crippen molar-refractivity contribution in [3.05, 3.63) is 29.1 Å². The molecule has 2 nitrogen and oxygen atoms in total. The molecule has 0 saturated heterocycles. The molecule has 0 aliphatic heterocycles. The fourth-order valence-corrected chi connectivity index (χ4v) is 9.29. The number of unbranched alkanes of at least 4 members (excludes halogenated alkanes) is 3. The number of halogens is 1. The molecule has 4 heteroatoms. The Hall–Kier alpha value is -0.950. The Labute approximate surface area is 160 Å². The summed E-state index contributed by atoms with van der Waals surface area (Å²) in [6, 6.07) is 3.00. The van der Waals surface area contributed by atoms with Gasteiger partial charge < -0.3 is 0 Å². The number of hydrogen-bond acceptors (Lipinski definition) is 1. The second kappa shape index (κ2) is 11.7. The molecule has 0 bridgehead atoms. The summed E-state index contributed by atoms with van der Waals surface area (Å²) in [6.45, 7) is 10.4. The number of benzene rings is 1. The van der Waals surface area contributed by atoms with E-state index in [1.807, 2.05) is 13.8 Å². The van der Waals surface area contributed by atoms with Crippen LogP contribution in [0.2, 0.25) is 0 Å². The van der Waals surface area contributed by atoms with Crippen LogP contribution in [0.4, 0.5) is 10.1 Å². The van der Waals surface area contributed by atoms with Crippen LogP contribution in [-0.4, -0.2) is 30.6 Å². The zero-order valence-electron chi connectivity index (χ0n) is 17.5. The van der Waals surface area contributed by atoms with E-state index in [1.54, 1.807) is 0 Å². The fourth-order valence-electron chi connectivity index (χ4n) is 3.93. The van der Waals surface area contributed by atoms with Gasteiger partial charge in [-0.15, -0.1) is 0 Å². The maximum absolute atomic E-state index is 13.5. The topological polar surface area (TPSA) is 29.1 Å². The van der Waals surface area contributed by atoms with E-state index in [0.29, 0.717) is 6.16 Å². The van der Waals surface area contributed by atoms with Gasteiger partial charge >= 0.3 is 160 Å². The zero-order chi connectivity index (χ0) is 19.6. The Bertz CT molecular complexity index is 528. The monoisotopic (exact) mass is 383 g/mol. The molecule has 0 aliphatic rings. The summed E-state index contributed by atoms with van der Waals surface area (Å²) in [5.74, 6) is -0.103. The SMILES string of the molecule is CCCC[PH](CCCC)(CCCC)CC(=O)Nc1c(C)cc(F)cc1C. The van der Waals surface area contributed by atoms with Crippen molar-refractivity contribution in [2.75, 3.05) is 30.0 Å². The number of aryl methyl sites for hydroxylation is 2. The second-order valence-corrected chi connectivity index (χ2v) is 12.8. The van der Waals surface area contributed by atoms with E-state index in [4.69, 9.17) is 0 Å². The van der Waals surface area contributed by atoms with E-state index < -0.39 is 7.26 Å². The summed E-state index contributed by atoms with van der Waals surface area (Å²) in [5.41, 5.74) is 2.40. The van der Waals surface area contributed by atoms with Gasteiger partial charge in [-0.3, -0.25) is 0 Å².